The summed E-state index contributed by atoms with van der Waals surface area (Å²) in [6.45, 7) is 0. The van der Waals surface area contributed by atoms with E-state index in [1.54, 1.807) is 42.2 Å². The molecule has 0 spiro atoms. The minimum atomic E-state index is 1.50. The third-order valence-corrected chi connectivity index (χ3v) is 1.94. The lowest BCUT2D eigenvalue weighted by Gasteiger charge is -1.70. The zero-order valence-corrected chi connectivity index (χ0v) is 9.42. The molecule has 16 heavy (non-hydrogen) atoms. The van der Waals surface area contributed by atoms with E-state index in [0.29, 0.717) is 0 Å². The van der Waals surface area contributed by atoms with E-state index in [9.17, 15) is 0 Å². The molecule has 0 aromatic carbocycles. The van der Waals surface area contributed by atoms with E-state index in [-0.39, 0.29) is 0 Å². The summed E-state index contributed by atoms with van der Waals surface area (Å²) in [7, 11) is 0. The van der Waals surface area contributed by atoms with Gasteiger partial charge in [-0.15, -0.1) is 0 Å². The number of thiophene rings is 1. The first-order valence-corrected chi connectivity index (χ1v) is 5.55. The monoisotopic (exact) mass is 232 g/mol. The summed E-state index contributed by atoms with van der Waals surface area (Å²) in [5, 5.41) is 10.3. The van der Waals surface area contributed by atoms with Crippen molar-refractivity contribution < 1.29 is 0 Å². The van der Waals surface area contributed by atoms with Gasteiger partial charge in [-0.25, -0.2) is 9.97 Å². The van der Waals surface area contributed by atoms with Crippen molar-refractivity contribution in [3.05, 3.63) is 66.1 Å². The van der Waals surface area contributed by atoms with E-state index in [1.807, 2.05) is 29.0 Å². The fourth-order valence-corrected chi connectivity index (χ4v) is 1.15. The fourth-order valence-electron chi connectivity index (χ4n) is 0.695. The van der Waals surface area contributed by atoms with Crippen LogP contribution >= 0.6 is 11.3 Å². The van der Waals surface area contributed by atoms with Gasteiger partial charge in [-0.05, 0) is 22.9 Å². The van der Waals surface area contributed by atoms with Crippen molar-refractivity contribution >= 4 is 11.3 Å². The van der Waals surface area contributed by atoms with Gasteiger partial charge < -0.3 is 0 Å². The molecule has 0 aliphatic rings. The summed E-state index contributed by atoms with van der Waals surface area (Å²) >= 11 is 1.71. The van der Waals surface area contributed by atoms with Crippen LogP contribution in [-0.2, 0) is 0 Å². The highest BCUT2D eigenvalue weighted by molar-refractivity contribution is 7.07. The third-order valence-electron chi connectivity index (χ3n) is 1.31. The Morgan fingerprint density at radius 1 is 0.812 bits per heavy atom. The number of hydrogen-bond donors (Lipinski definition) is 1. The lowest BCUT2D eigenvalue weighted by molar-refractivity contribution is 1.09. The van der Waals surface area contributed by atoms with Gasteiger partial charge >= 0.3 is 0 Å². The van der Waals surface area contributed by atoms with Gasteiger partial charge in [-0.1, -0.05) is 12.1 Å². The van der Waals surface area contributed by atoms with Gasteiger partial charge in [0.25, 0.3) is 0 Å². The fraction of sp³-hybridized carbons (Fsp3) is 0. The maximum absolute atomic E-state index is 3.67. The van der Waals surface area contributed by atoms with Crippen LogP contribution in [0, 0.1) is 0 Å². The van der Waals surface area contributed by atoms with Crippen LogP contribution in [0.3, 0.4) is 0 Å². The van der Waals surface area contributed by atoms with E-state index in [2.05, 4.69) is 20.2 Å². The van der Waals surface area contributed by atoms with Crippen LogP contribution in [0.2, 0.25) is 0 Å². The first-order chi connectivity index (χ1) is 8.00. The zero-order valence-electron chi connectivity index (χ0n) is 8.60. The van der Waals surface area contributed by atoms with Crippen LogP contribution in [-0.4, -0.2) is 20.2 Å². The predicted octanol–water partition coefficient (Wildman–Crippen LogP) is 2.63. The van der Waals surface area contributed by atoms with Crippen molar-refractivity contribution in [2.24, 2.45) is 0 Å². The molecule has 1 N–H and O–H groups in total. The molecule has 3 rings (SSSR count). The van der Waals surface area contributed by atoms with Crippen LogP contribution in [0.25, 0.3) is 0 Å². The van der Waals surface area contributed by atoms with Crippen LogP contribution in [0.5, 0.6) is 0 Å². The topological polar surface area (TPSA) is 54.5 Å². The maximum atomic E-state index is 3.67. The first-order valence-electron chi connectivity index (χ1n) is 4.61. The number of hydrogen-bond acceptors (Lipinski definition) is 4. The van der Waals surface area contributed by atoms with Crippen molar-refractivity contribution in [2.75, 3.05) is 0 Å². The molecule has 0 atom stereocenters. The molecule has 3 aromatic rings. The Morgan fingerprint density at radius 2 is 1.56 bits per heavy atom. The van der Waals surface area contributed by atoms with E-state index < -0.39 is 0 Å². The Morgan fingerprint density at radius 3 is 1.75 bits per heavy atom. The molecule has 0 fully saturated rings. The van der Waals surface area contributed by atoms with Gasteiger partial charge in [0, 0.05) is 24.8 Å². The number of aromatic amines is 1. The highest BCUT2D eigenvalue weighted by Crippen LogP contribution is 1.91. The van der Waals surface area contributed by atoms with E-state index in [1.165, 1.54) is 6.33 Å². The molecule has 0 saturated carbocycles. The summed E-state index contributed by atoms with van der Waals surface area (Å²) in [5.74, 6) is 0. The van der Waals surface area contributed by atoms with Gasteiger partial charge in [-0.3, -0.25) is 5.10 Å². The molecule has 0 aliphatic heterocycles. The first kappa shape index (κ1) is 12.1. The molecule has 0 amide bonds. The second-order valence-electron chi connectivity index (χ2n) is 2.46. The lowest BCUT2D eigenvalue weighted by atomic mass is 10.7. The quantitative estimate of drug-likeness (QED) is 0.648. The Hall–Kier alpha value is -2.01. The van der Waals surface area contributed by atoms with Crippen LogP contribution < -0.4 is 0 Å². The molecule has 0 bridgehead atoms. The molecule has 3 heterocycles. The molecule has 82 valence electrons. The highest BCUT2D eigenvalue weighted by atomic mass is 32.1. The van der Waals surface area contributed by atoms with Gasteiger partial charge in [0.15, 0.2) is 0 Å². The third kappa shape index (κ3) is 7.40. The number of rotatable bonds is 0. The molecule has 0 radical (unpaired) electrons. The van der Waals surface area contributed by atoms with Gasteiger partial charge in [0.2, 0.25) is 0 Å². The Labute approximate surface area is 98.0 Å². The van der Waals surface area contributed by atoms with Gasteiger partial charge in [0.1, 0.15) is 6.33 Å². The van der Waals surface area contributed by atoms with Crippen LogP contribution in [0.15, 0.2) is 66.1 Å². The minimum Gasteiger partial charge on any atom is -0.286 e. The summed E-state index contributed by atoms with van der Waals surface area (Å²) in [6, 6.07) is 7.65. The maximum Gasteiger partial charge on any atom is 0.115 e. The molecular weight excluding hydrogens is 220 g/mol. The average Bonchev–Trinajstić information content (AvgIpc) is 3.10. The average molecular weight is 232 g/mol. The summed E-state index contributed by atoms with van der Waals surface area (Å²) < 4.78 is 0. The van der Waals surface area contributed by atoms with E-state index >= 15 is 0 Å². The van der Waals surface area contributed by atoms with Gasteiger partial charge in [-0.2, -0.15) is 16.4 Å². The Bertz CT molecular complexity index is 309. The predicted molar refractivity (Wildman–Crippen MR) is 64.9 cm³/mol. The van der Waals surface area contributed by atoms with Crippen molar-refractivity contribution in [2.45, 2.75) is 0 Å². The number of nitrogens with one attached hydrogen (secondary N) is 1. The molecular formula is C11H12N4S. The smallest absolute Gasteiger partial charge is 0.115 e. The molecule has 0 aliphatic carbocycles. The van der Waals surface area contributed by atoms with Crippen LogP contribution in [0.1, 0.15) is 0 Å². The molecule has 3 aromatic heterocycles. The summed E-state index contributed by atoms with van der Waals surface area (Å²) in [5.41, 5.74) is 0. The van der Waals surface area contributed by atoms with Gasteiger partial charge in [0.05, 0.1) is 0 Å². The second kappa shape index (κ2) is 9.54. The minimum absolute atomic E-state index is 1.50. The number of aromatic nitrogens is 4. The lowest BCUT2D eigenvalue weighted by Crippen LogP contribution is -1.66. The largest absolute Gasteiger partial charge is 0.286 e. The standard InChI is InChI=1S/C4H4N2.C4H4S.C3H4N2/c1-2-5-4-6-3-1;2*1-2-4-5-3-1/h1-4H;1-4H;1-3H,(H,4,5). The summed E-state index contributed by atoms with van der Waals surface area (Å²) in [4.78, 5) is 7.35. The molecule has 5 heteroatoms. The molecule has 0 unspecified atom stereocenters. The summed E-state index contributed by atoms with van der Waals surface area (Å²) in [6.07, 6.45) is 8.33. The van der Waals surface area contributed by atoms with E-state index in [4.69, 9.17) is 0 Å². The highest BCUT2D eigenvalue weighted by Gasteiger charge is 1.59. The SMILES string of the molecule is c1ccsc1.c1cn[nH]c1.c1cncnc1. The normalized spacial score (nSPS) is 8.00. The molecule has 4 nitrogen and oxygen atoms in total. The Balaban J connectivity index is 0.000000121. The van der Waals surface area contributed by atoms with Crippen molar-refractivity contribution in [1.29, 1.82) is 0 Å². The number of H-pyrrole nitrogens is 1. The van der Waals surface area contributed by atoms with Crippen molar-refractivity contribution in [3.63, 3.8) is 0 Å². The molecule has 0 saturated heterocycles. The van der Waals surface area contributed by atoms with E-state index in [0.717, 1.165) is 0 Å². The second-order valence-corrected chi connectivity index (χ2v) is 3.28. The Kier molecular flexibility index (Phi) is 7.19. The number of nitrogens with zero attached hydrogens (tertiary/aromatic N) is 3. The van der Waals surface area contributed by atoms with Crippen molar-refractivity contribution in [3.8, 4) is 0 Å². The zero-order chi connectivity index (χ0) is 11.3. The van der Waals surface area contributed by atoms with Crippen molar-refractivity contribution in [1.82, 2.24) is 20.2 Å². The van der Waals surface area contributed by atoms with Crippen LogP contribution in [0.4, 0.5) is 0 Å².